The molecule has 1 aromatic rings. The number of benzene rings is 1. The number of non-ortho nitro benzene ring substituents is 1. The molecule has 1 aliphatic rings. The highest BCUT2D eigenvalue weighted by Crippen LogP contribution is 2.29. The highest BCUT2D eigenvalue weighted by Gasteiger charge is 2.24. The molecule has 0 atom stereocenters. The number of ketones is 1. The summed E-state index contributed by atoms with van der Waals surface area (Å²) in [6.45, 7) is 2.23. The zero-order valence-electron chi connectivity index (χ0n) is 11.2. The summed E-state index contributed by atoms with van der Waals surface area (Å²) in [4.78, 5) is 22.3. The molecule has 0 unspecified atom stereocenters. The van der Waals surface area contributed by atoms with Crippen molar-refractivity contribution in [3.63, 3.8) is 0 Å². The van der Waals surface area contributed by atoms with Crippen LogP contribution in [-0.4, -0.2) is 10.7 Å². The largest absolute Gasteiger partial charge is 0.299 e. The van der Waals surface area contributed by atoms with Crippen molar-refractivity contribution in [2.75, 3.05) is 0 Å². The number of nitrogens with zero attached hydrogens (tertiary/aromatic N) is 1. The highest BCUT2D eigenvalue weighted by molar-refractivity contribution is 5.83. The zero-order chi connectivity index (χ0) is 13.8. The molecule has 0 spiro atoms. The van der Waals surface area contributed by atoms with Crippen LogP contribution in [0.4, 0.5) is 5.69 Å². The molecule has 0 N–H and O–H groups in total. The predicted molar refractivity (Wildman–Crippen MR) is 72.9 cm³/mol. The lowest BCUT2D eigenvalue weighted by molar-refractivity contribution is -0.384. The SMILES string of the molecule is CC1CCC(C(=O)Cc2ccc([N+](=O)[O-])cc2)CC1. The summed E-state index contributed by atoms with van der Waals surface area (Å²) < 4.78 is 0. The van der Waals surface area contributed by atoms with Gasteiger partial charge >= 0.3 is 0 Å². The molecule has 2 rings (SSSR count). The van der Waals surface area contributed by atoms with Crippen LogP contribution >= 0.6 is 0 Å². The van der Waals surface area contributed by atoms with Crippen LogP contribution in [0.1, 0.15) is 38.2 Å². The van der Waals surface area contributed by atoms with Gasteiger partial charge in [-0.1, -0.05) is 31.9 Å². The minimum atomic E-state index is -0.422. The van der Waals surface area contributed by atoms with Crippen LogP contribution in [0.2, 0.25) is 0 Å². The molecule has 1 aromatic carbocycles. The molecule has 102 valence electrons. The molecule has 0 aliphatic heterocycles. The van der Waals surface area contributed by atoms with Gasteiger partial charge in [0.25, 0.3) is 5.69 Å². The quantitative estimate of drug-likeness (QED) is 0.615. The average molecular weight is 261 g/mol. The van der Waals surface area contributed by atoms with E-state index in [0.29, 0.717) is 6.42 Å². The molecule has 4 nitrogen and oxygen atoms in total. The molecule has 0 aromatic heterocycles. The summed E-state index contributed by atoms with van der Waals surface area (Å²) in [5, 5.41) is 10.6. The first kappa shape index (κ1) is 13.7. The van der Waals surface area contributed by atoms with Gasteiger partial charge in [-0.25, -0.2) is 0 Å². The summed E-state index contributed by atoms with van der Waals surface area (Å²) >= 11 is 0. The molecular weight excluding hydrogens is 242 g/mol. The van der Waals surface area contributed by atoms with E-state index in [1.165, 1.54) is 12.1 Å². The van der Waals surface area contributed by atoms with Gasteiger partial charge in [0, 0.05) is 24.5 Å². The first-order chi connectivity index (χ1) is 9.06. The number of nitro benzene ring substituents is 1. The molecule has 0 bridgehead atoms. The van der Waals surface area contributed by atoms with Gasteiger partial charge in [0.15, 0.2) is 0 Å². The standard InChI is InChI=1S/C15H19NO3/c1-11-2-6-13(7-3-11)15(17)10-12-4-8-14(9-5-12)16(18)19/h4-5,8-9,11,13H,2-3,6-7,10H2,1H3. The van der Waals surface area contributed by atoms with E-state index in [4.69, 9.17) is 0 Å². The average Bonchev–Trinajstić information content (AvgIpc) is 2.40. The molecule has 0 saturated heterocycles. The van der Waals surface area contributed by atoms with Gasteiger partial charge in [0.1, 0.15) is 5.78 Å². The van der Waals surface area contributed by atoms with Gasteiger partial charge in [-0.2, -0.15) is 0 Å². The van der Waals surface area contributed by atoms with E-state index in [2.05, 4.69) is 6.92 Å². The van der Waals surface area contributed by atoms with Crippen molar-refractivity contribution in [2.45, 2.75) is 39.0 Å². The lowest BCUT2D eigenvalue weighted by atomic mass is 9.80. The maximum Gasteiger partial charge on any atom is 0.269 e. The van der Waals surface area contributed by atoms with Crippen molar-refractivity contribution in [2.24, 2.45) is 11.8 Å². The molecule has 0 heterocycles. The van der Waals surface area contributed by atoms with E-state index in [1.54, 1.807) is 12.1 Å². The van der Waals surface area contributed by atoms with Gasteiger partial charge in [-0.15, -0.1) is 0 Å². The molecule has 4 heteroatoms. The fraction of sp³-hybridized carbons (Fsp3) is 0.533. The third kappa shape index (κ3) is 3.63. The Bertz CT molecular complexity index is 459. The lowest BCUT2D eigenvalue weighted by Crippen LogP contribution is -2.22. The van der Waals surface area contributed by atoms with Gasteiger partial charge in [0.2, 0.25) is 0 Å². The lowest BCUT2D eigenvalue weighted by Gasteiger charge is -2.25. The van der Waals surface area contributed by atoms with Crippen molar-refractivity contribution < 1.29 is 9.72 Å². The van der Waals surface area contributed by atoms with Crippen molar-refractivity contribution in [1.82, 2.24) is 0 Å². The van der Waals surface area contributed by atoms with E-state index in [9.17, 15) is 14.9 Å². The predicted octanol–water partition coefficient (Wildman–Crippen LogP) is 3.53. The van der Waals surface area contributed by atoms with Crippen LogP contribution in [-0.2, 0) is 11.2 Å². The Morgan fingerprint density at radius 2 is 1.79 bits per heavy atom. The van der Waals surface area contributed by atoms with Crippen LogP contribution in [0.15, 0.2) is 24.3 Å². The third-order valence-electron chi connectivity index (χ3n) is 4.00. The normalized spacial score (nSPS) is 23.0. The first-order valence-corrected chi connectivity index (χ1v) is 6.82. The Kier molecular flexibility index (Phi) is 4.30. The molecule has 0 radical (unpaired) electrons. The van der Waals surface area contributed by atoms with E-state index >= 15 is 0 Å². The van der Waals surface area contributed by atoms with Crippen molar-refractivity contribution in [1.29, 1.82) is 0 Å². The molecule has 1 aliphatic carbocycles. The monoisotopic (exact) mass is 261 g/mol. The number of rotatable bonds is 4. The first-order valence-electron chi connectivity index (χ1n) is 6.82. The van der Waals surface area contributed by atoms with Crippen LogP contribution in [0, 0.1) is 22.0 Å². The number of carbonyl (C=O) groups is 1. The van der Waals surface area contributed by atoms with E-state index in [-0.39, 0.29) is 17.4 Å². The summed E-state index contributed by atoms with van der Waals surface area (Å²) in [7, 11) is 0. The summed E-state index contributed by atoms with van der Waals surface area (Å²) in [5.74, 6) is 1.20. The number of carbonyl (C=O) groups excluding carboxylic acids is 1. The van der Waals surface area contributed by atoms with Gasteiger partial charge in [-0.05, 0) is 24.3 Å². The van der Waals surface area contributed by atoms with Crippen molar-refractivity contribution in [3.8, 4) is 0 Å². The maximum atomic E-state index is 12.2. The Labute approximate surface area is 113 Å². The van der Waals surface area contributed by atoms with Gasteiger partial charge < -0.3 is 0 Å². The van der Waals surface area contributed by atoms with Gasteiger partial charge in [-0.3, -0.25) is 14.9 Å². The molecule has 1 saturated carbocycles. The highest BCUT2D eigenvalue weighted by atomic mass is 16.6. The number of hydrogen-bond acceptors (Lipinski definition) is 3. The number of Topliss-reactive ketones (excluding diaryl/α,β-unsaturated/α-hetero) is 1. The minimum Gasteiger partial charge on any atom is -0.299 e. The summed E-state index contributed by atoms with van der Waals surface area (Å²) in [6, 6.07) is 6.29. The zero-order valence-corrected chi connectivity index (χ0v) is 11.2. The Morgan fingerprint density at radius 1 is 1.21 bits per heavy atom. The molecule has 19 heavy (non-hydrogen) atoms. The van der Waals surface area contributed by atoms with Crippen LogP contribution < -0.4 is 0 Å². The second-order valence-electron chi connectivity index (χ2n) is 5.52. The van der Waals surface area contributed by atoms with Crippen molar-refractivity contribution in [3.05, 3.63) is 39.9 Å². The van der Waals surface area contributed by atoms with Crippen LogP contribution in [0.25, 0.3) is 0 Å². The summed E-state index contributed by atoms with van der Waals surface area (Å²) in [5.41, 5.74) is 0.942. The van der Waals surface area contributed by atoms with E-state index in [0.717, 1.165) is 37.2 Å². The number of hydrogen-bond donors (Lipinski definition) is 0. The molecular formula is C15H19NO3. The second-order valence-corrected chi connectivity index (χ2v) is 5.52. The van der Waals surface area contributed by atoms with E-state index in [1.807, 2.05) is 0 Å². The van der Waals surface area contributed by atoms with E-state index < -0.39 is 4.92 Å². The minimum absolute atomic E-state index is 0.0719. The Hall–Kier alpha value is -1.71. The van der Waals surface area contributed by atoms with Crippen molar-refractivity contribution >= 4 is 11.5 Å². The Morgan fingerprint density at radius 3 is 2.32 bits per heavy atom. The second kappa shape index (κ2) is 5.95. The smallest absolute Gasteiger partial charge is 0.269 e. The fourth-order valence-electron chi connectivity index (χ4n) is 2.66. The van der Waals surface area contributed by atoms with Gasteiger partial charge in [0.05, 0.1) is 4.92 Å². The van der Waals surface area contributed by atoms with Crippen LogP contribution in [0.5, 0.6) is 0 Å². The topological polar surface area (TPSA) is 60.2 Å². The summed E-state index contributed by atoms with van der Waals surface area (Å²) in [6.07, 6.45) is 4.66. The Balaban J connectivity index is 1.93. The van der Waals surface area contributed by atoms with Crippen LogP contribution in [0.3, 0.4) is 0 Å². The number of nitro groups is 1. The third-order valence-corrected chi connectivity index (χ3v) is 4.00. The maximum absolute atomic E-state index is 12.2. The fourth-order valence-corrected chi connectivity index (χ4v) is 2.66. The molecule has 0 amide bonds. The molecule has 1 fully saturated rings.